The minimum absolute atomic E-state index is 0.168. The van der Waals surface area contributed by atoms with Crippen LogP contribution in [0.15, 0.2) is 53.0 Å². The second kappa shape index (κ2) is 5.98. The molecule has 0 atom stereocenters. The van der Waals surface area contributed by atoms with Gasteiger partial charge in [-0.25, -0.2) is 14.2 Å². The van der Waals surface area contributed by atoms with E-state index >= 15 is 0 Å². The molecule has 0 saturated heterocycles. The third-order valence-electron chi connectivity index (χ3n) is 3.03. The molecule has 3 rings (SSSR count). The van der Waals surface area contributed by atoms with Crippen LogP contribution < -0.4 is 0 Å². The quantitative estimate of drug-likeness (QED) is 0.692. The van der Waals surface area contributed by atoms with Crippen LogP contribution in [-0.4, -0.2) is 16.1 Å². The van der Waals surface area contributed by atoms with Crippen LogP contribution >= 0.6 is 27.3 Å². The fourth-order valence-electron chi connectivity index (χ4n) is 1.98. The Bertz CT molecular complexity index is 828. The van der Waals surface area contributed by atoms with Crippen LogP contribution in [0.25, 0.3) is 21.8 Å². The molecule has 6 heteroatoms. The number of carbonyl (C=O) groups is 1. The van der Waals surface area contributed by atoms with Crippen LogP contribution in [0.5, 0.6) is 0 Å². The maximum absolute atomic E-state index is 13.0. The molecule has 3 nitrogen and oxygen atoms in total. The second-order valence-electron chi connectivity index (χ2n) is 4.52. The summed E-state index contributed by atoms with van der Waals surface area (Å²) in [7, 11) is 0. The van der Waals surface area contributed by atoms with Crippen molar-refractivity contribution in [1.82, 2.24) is 4.98 Å². The number of rotatable bonds is 3. The van der Waals surface area contributed by atoms with E-state index in [1.54, 1.807) is 24.3 Å². The first-order valence-corrected chi connectivity index (χ1v) is 7.91. The van der Waals surface area contributed by atoms with Crippen molar-refractivity contribution in [3.8, 4) is 21.8 Å². The van der Waals surface area contributed by atoms with E-state index in [-0.39, 0.29) is 10.7 Å². The predicted octanol–water partition coefficient (Wildman–Crippen LogP) is 5.08. The number of halogens is 2. The largest absolute Gasteiger partial charge is 0.477 e. The van der Waals surface area contributed by atoms with Gasteiger partial charge in [-0.2, -0.15) is 0 Å². The molecule has 0 spiro atoms. The summed E-state index contributed by atoms with van der Waals surface area (Å²) in [6.45, 7) is 0. The molecule has 0 saturated carbocycles. The van der Waals surface area contributed by atoms with Crippen molar-refractivity contribution in [2.75, 3.05) is 0 Å². The van der Waals surface area contributed by atoms with Crippen molar-refractivity contribution < 1.29 is 14.3 Å². The van der Waals surface area contributed by atoms with Crippen LogP contribution in [0.2, 0.25) is 0 Å². The molecule has 1 aromatic heterocycles. The fourth-order valence-corrected chi connectivity index (χ4v) is 3.18. The number of aromatic nitrogens is 1. The van der Waals surface area contributed by atoms with E-state index in [2.05, 4.69) is 20.9 Å². The highest BCUT2D eigenvalue weighted by Crippen LogP contribution is 2.34. The Hall–Kier alpha value is -2.05. The molecule has 2 aromatic carbocycles. The normalized spacial score (nSPS) is 10.6. The zero-order valence-corrected chi connectivity index (χ0v) is 13.5. The molecular formula is C16H9BrFNO2S. The molecule has 0 aliphatic rings. The molecule has 110 valence electrons. The first kappa shape index (κ1) is 14.9. The van der Waals surface area contributed by atoms with Crippen molar-refractivity contribution in [3.63, 3.8) is 0 Å². The average Bonchev–Trinajstić information content (AvgIpc) is 2.94. The van der Waals surface area contributed by atoms with E-state index in [4.69, 9.17) is 0 Å². The molecule has 0 amide bonds. The molecule has 0 bridgehead atoms. The molecule has 22 heavy (non-hydrogen) atoms. The first-order chi connectivity index (χ1) is 10.5. The molecule has 0 aliphatic heterocycles. The van der Waals surface area contributed by atoms with Gasteiger partial charge in [0.25, 0.3) is 0 Å². The number of aromatic carboxylic acids is 1. The smallest absolute Gasteiger partial charge is 0.348 e. The van der Waals surface area contributed by atoms with Crippen molar-refractivity contribution >= 4 is 33.2 Å². The lowest BCUT2D eigenvalue weighted by atomic mass is 10.1. The molecule has 0 radical (unpaired) electrons. The molecule has 1 N–H and O–H groups in total. The highest BCUT2D eigenvalue weighted by Gasteiger charge is 2.19. The second-order valence-corrected chi connectivity index (χ2v) is 6.43. The number of benzene rings is 2. The van der Waals surface area contributed by atoms with E-state index in [0.29, 0.717) is 16.3 Å². The summed E-state index contributed by atoms with van der Waals surface area (Å²) in [5, 5.41) is 9.94. The highest BCUT2D eigenvalue weighted by molar-refractivity contribution is 9.10. The molecule has 3 aromatic rings. The number of carboxylic acids is 1. The SMILES string of the molecule is O=C(O)c1sc(-c2ccc(F)cc2)nc1-c1ccc(Br)cc1. The van der Waals surface area contributed by atoms with E-state index < -0.39 is 5.97 Å². The maximum atomic E-state index is 13.0. The Kier molecular flexibility index (Phi) is 4.04. The molecule has 0 fully saturated rings. The highest BCUT2D eigenvalue weighted by atomic mass is 79.9. The van der Waals surface area contributed by atoms with Crippen LogP contribution in [0.1, 0.15) is 9.67 Å². The van der Waals surface area contributed by atoms with Gasteiger partial charge in [-0.3, -0.25) is 0 Å². The van der Waals surface area contributed by atoms with Gasteiger partial charge in [0, 0.05) is 15.6 Å². The van der Waals surface area contributed by atoms with Crippen LogP contribution in [0.4, 0.5) is 4.39 Å². The zero-order chi connectivity index (χ0) is 15.7. The Morgan fingerprint density at radius 2 is 1.64 bits per heavy atom. The van der Waals surface area contributed by atoms with Gasteiger partial charge in [-0.05, 0) is 36.4 Å². The van der Waals surface area contributed by atoms with Crippen molar-refractivity contribution in [2.45, 2.75) is 0 Å². The number of thiazole rings is 1. The number of carboxylic acid groups (broad SMARTS) is 1. The molecule has 0 unspecified atom stereocenters. The standard InChI is InChI=1S/C16H9BrFNO2S/c17-11-5-1-9(2-6-11)13-14(16(20)21)22-15(19-13)10-3-7-12(18)8-4-10/h1-8H,(H,20,21). The van der Waals surface area contributed by atoms with Gasteiger partial charge in [0.1, 0.15) is 15.7 Å². The number of hydrogen-bond donors (Lipinski definition) is 1. The van der Waals surface area contributed by atoms with Crippen molar-refractivity contribution in [2.24, 2.45) is 0 Å². The van der Waals surface area contributed by atoms with Crippen molar-refractivity contribution in [3.05, 3.63) is 63.7 Å². The maximum Gasteiger partial charge on any atom is 0.348 e. The zero-order valence-electron chi connectivity index (χ0n) is 11.1. The summed E-state index contributed by atoms with van der Waals surface area (Å²) in [6, 6.07) is 13.1. The third kappa shape index (κ3) is 2.93. The minimum Gasteiger partial charge on any atom is -0.477 e. The van der Waals surface area contributed by atoms with Crippen molar-refractivity contribution in [1.29, 1.82) is 0 Å². The van der Waals surface area contributed by atoms with E-state index in [1.807, 2.05) is 12.1 Å². The summed E-state index contributed by atoms with van der Waals surface area (Å²) >= 11 is 4.43. The van der Waals surface area contributed by atoms with E-state index in [9.17, 15) is 14.3 Å². The minimum atomic E-state index is -1.02. The lowest BCUT2D eigenvalue weighted by Crippen LogP contribution is -1.95. The van der Waals surface area contributed by atoms with E-state index in [0.717, 1.165) is 21.4 Å². The van der Waals surface area contributed by atoms with Gasteiger partial charge in [0.2, 0.25) is 0 Å². The Morgan fingerprint density at radius 3 is 2.23 bits per heavy atom. The summed E-state index contributed by atoms with van der Waals surface area (Å²) in [5.74, 6) is -1.37. The van der Waals surface area contributed by atoms with Crippen LogP contribution in [0.3, 0.4) is 0 Å². The van der Waals surface area contributed by atoms with Crippen LogP contribution in [-0.2, 0) is 0 Å². The summed E-state index contributed by atoms with van der Waals surface area (Å²) < 4.78 is 13.9. The lowest BCUT2D eigenvalue weighted by Gasteiger charge is -1.99. The first-order valence-electron chi connectivity index (χ1n) is 6.30. The molecular weight excluding hydrogens is 369 g/mol. The topological polar surface area (TPSA) is 50.2 Å². The summed E-state index contributed by atoms with van der Waals surface area (Å²) in [6.07, 6.45) is 0. The Balaban J connectivity index is 2.11. The predicted molar refractivity (Wildman–Crippen MR) is 87.6 cm³/mol. The number of hydrogen-bond acceptors (Lipinski definition) is 3. The fraction of sp³-hybridized carbons (Fsp3) is 0. The lowest BCUT2D eigenvalue weighted by molar-refractivity contribution is 0.0702. The monoisotopic (exact) mass is 377 g/mol. The van der Waals surface area contributed by atoms with Gasteiger partial charge in [0.05, 0.1) is 5.69 Å². The number of nitrogens with zero attached hydrogens (tertiary/aromatic N) is 1. The van der Waals surface area contributed by atoms with Gasteiger partial charge in [0.15, 0.2) is 0 Å². The van der Waals surface area contributed by atoms with Gasteiger partial charge >= 0.3 is 5.97 Å². The third-order valence-corrected chi connectivity index (χ3v) is 4.65. The molecule has 0 aliphatic carbocycles. The molecule has 1 heterocycles. The van der Waals surface area contributed by atoms with Gasteiger partial charge in [-0.15, -0.1) is 11.3 Å². The Labute approximate surface area is 138 Å². The Morgan fingerprint density at radius 1 is 1.05 bits per heavy atom. The van der Waals surface area contributed by atoms with E-state index in [1.165, 1.54) is 12.1 Å². The summed E-state index contributed by atoms with van der Waals surface area (Å²) in [5.41, 5.74) is 1.84. The van der Waals surface area contributed by atoms with Gasteiger partial charge < -0.3 is 5.11 Å². The average molecular weight is 378 g/mol. The summed E-state index contributed by atoms with van der Waals surface area (Å²) in [4.78, 5) is 16.1. The van der Waals surface area contributed by atoms with Gasteiger partial charge in [-0.1, -0.05) is 28.1 Å². The van der Waals surface area contributed by atoms with Crippen LogP contribution in [0, 0.1) is 5.82 Å².